The SMILES string of the molecule is Cc1c(Br)cc(CO)cc1S(=O)(=O)NC(C)C(C)C. The minimum absolute atomic E-state index is 0.152. The van der Waals surface area contributed by atoms with Crippen LogP contribution in [0.3, 0.4) is 0 Å². The predicted molar refractivity (Wildman–Crippen MR) is 79.4 cm³/mol. The lowest BCUT2D eigenvalue weighted by Crippen LogP contribution is -2.36. The van der Waals surface area contributed by atoms with E-state index in [1.54, 1.807) is 13.0 Å². The van der Waals surface area contributed by atoms with Crippen LogP contribution in [0.2, 0.25) is 0 Å². The van der Waals surface area contributed by atoms with Gasteiger partial charge in [0, 0.05) is 10.5 Å². The van der Waals surface area contributed by atoms with Crippen LogP contribution in [0.1, 0.15) is 31.9 Å². The van der Waals surface area contributed by atoms with Crippen molar-refractivity contribution < 1.29 is 13.5 Å². The molecule has 1 unspecified atom stereocenters. The van der Waals surface area contributed by atoms with Crippen LogP contribution in [-0.4, -0.2) is 19.6 Å². The van der Waals surface area contributed by atoms with E-state index in [0.29, 0.717) is 15.6 Å². The molecule has 2 N–H and O–H groups in total. The molecule has 0 aliphatic heterocycles. The summed E-state index contributed by atoms with van der Waals surface area (Å²) in [6, 6.07) is 3.08. The maximum Gasteiger partial charge on any atom is 0.241 e. The lowest BCUT2D eigenvalue weighted by atomic mass is 10.1. The molecule has 1 atom stereocenters. The van der Waals surface area contributed by atoms with Crippen LogP contribution in [0.25, 0.3) is 0 Å². The van der Waals surface area contributed by atoms with E-state index in [0.717, 1.165) is 0 Å². The van der Waals surface area contributed by atoms with Crippen LogP contribution in [-0.2, 0) is 16.6 Å². The van der Waals surface area contributed by atoms with Gasteiger partial charge in [0.1, 0.15) is 0 Å². The van der Waals surface area contributed by atoms with Crippen molar-refractivity contribution in [2.45, 2.75) is 45.2 Å². The molecule has 108 valence electrons. The molecule has 0 fully saturated rings. The highest BCUT2D eigenvalue weighted by atomic mass is 79.9. The molecule has 0 spiro atoms. The van der Waals surface area contributed by atoms with Crippen molar-refractivity contribution in [1.82, 2.24) is 4.72 Å². The summed E-state index contributed by atoms with van der Waals surface area (Å²) in [6.45, 7) is 7.30. The number of hydrogen-bond acceptors (Lipinski definition) is 3. The molecule has 0 aliphatic rings. The van der Waals surface area contributed by atoms with Gasteiger partial charge < -0.3 is 5.11 Å². The topological polar surface area (TPSA) is 66.4 Å². The third kappa shape index (κ3) is 4.02. The van der Waals surface area contributed by atoms with Gasteiger partial charge in [-0.05, 0) is 43.0 Å². The number of halogens is 1. The Labute approximate surface area is 123 Å². The van der Waals surface area contributed by atoms with Crippen LogP contribution < -0.4 is 4.72 Å². The fourth-order valence-electron chi connectivity index (χ4n) is 1.52. The van der Waals surface area contributed by atoms with E-state index in [4.69, 9.17) is 0 Å². The molecule has 0 aromatic heterocycles. The molecule has 4 nitrogen and oxygen atoms in total. The molecule has 0 radical (unpaired) electrons. The minimum Gasteiger partial charge on any atom is -0.392 e. The molecule has 0 heterocycles. The van der Waals surface area contributed by atoms with Crippen LogP contribution in [0.5, 0.6) is 0 Å². The van der Waals surface area contributed by atoms with E-state index in [-0.39, 0.29) is 23.5 Å². The number of hydrogen-bond donors (Lipinski definition) is 2. The molecule has 0 saturated carbocycles. The summed E-state index contributed by atoms with van der Waals surface area (Å²) in [5.41, 5.74) is 1.20. The Morgan fingerprint density at radius 3 is 2.37 bits per heavy atom. The van der Waals surface area contributed by atoms with Crippen LogP contribution >= 0.6 is 15.9 Å². The van der Waals surface area contributed by atoms with Crippen molar-refractivity contribution in [3.05, 3.63) is 27.7 Å². The van der Waals surface area contributed by atoms with E-state index in [2.05, 4.69) is 20.7 Å². The third-order valence-corrected chi connectivity index (χ3v) is 5.68. The first-order chi connectivity index (χ1) is 8.69. The van der Waals surface area contributed by atoms with Gasteiger partial charge in [-0.2, -0.15) is 0 Å². The maximum absolute atomic E-state index is 12.4. The van der Waals surface area contributed by atoms with Gasteiger partial charge in [-0.25, -0.2) is 13.1 Å². The average molecular weight is 350 g/mol. The van der Waals surface area contributed by atoms with Crippen molar-refractivity contribution in [2.24, 2.45) is 5.92 Å². The highest BCUT2D eigenvalue weighted by Crippen LogP contribution is 2.26. The Hall–Kier alpha value is -0.430. The molecule has 1 aromatic carbocycles. The standard InChI is InChI=1S/C13H20BrNO3S/c1-8(2)10(4)15-19(17,18)13-6-11(7-16)5-12(14)9(13)3/h5-6,8,10,15-16H,7H2,1-4H3. The smallest absolute Gasteiger partial charge is 0.241 e. The van der Waals surface area contributed by atoms with Crippen molar-refractivity contribution in [1.29, 1.82) is 0 Å². The van der Waals surface area contributed by atoms with E-state index >= 15 is 0 Å². The molecular formula is C13H20BrNO3S. The summed E-state index contributed by atoms with van der Waals surface area (Å²) in [4.78, 5) is 0.207. The Balaban J connectivity index is 3.25. The third-order valence-electron chi connectivity index (χ3n) is 3.17. The van der Waals surface area contributed by atoms with Crippen molar-refractivity contribution in [2.75, 3.05) is 0 Å². The van der Waals surface area contributed by atoms with Gasteiger partial charge in [-0.1, -0.05) is 29.8 Å². The fraction of sp³-hybridized carbons (Fsp3) is 0.538. The molecular weight excluding hydrogens is 330 g/mol. The molecule has 19 heavy (non-hydrogen) atoms. The molecule has 0 saturated heterocycles. The van der Waals surface area contributed by atoms with Gasteiger partial charge in [0.25, 0.3) is 0 Å². The van der Waals surface area contributed by atoms with Crippen LogP contribution in [0.4, 0.5) is 0 Å². The van der Waals surface area contributed by atoms with Gasteiger partial charge in [-0.3, -0.25) is 0 Å². The molecule has 0 bridgehead atoms. The van der Waals surface area contributed by atoms with Gasteiger partial charge in [0.15, 0.2) is 0 Å². The largest absolute Gasteiger partial charge is 0.392 e. The monoisotopic (exact) mass is 349 g/mol. The normalized spacial score (nSPS) is 13.8. The quantitative estimate of drug-likeness (QED) is 0.858. The number of aliphatic hydroxyl groups excluding tert-OH is 1. The number of nitrogens with one attached hydrogen (secondary N) is 1. The van der Waals surface area contributed by atoms with Crippen molar-refractivity contribution >= 4 is 26.0 Å². The van der Waals surface area contributed by atoms with E-state index in [1.165, 1.54) is 6.07 Å². The Kier molecular flexibility index (Phi) is 5.55. The Morgan fingerprint density at radius 1 is 1.32 bits per heavy atom. The summed E-state index contributed by atoms with van der Waals surface area (Å²) in [5, 5.41) is 9.18. The van der Waals surface area contributed by atoms with Crippen LogP contribution in [0.15, 0.2) is 21.5 Å². The molecule has 1 aromatic rings. The van der Waals surface area contributed by atoms with Crippen LogP contribution in [0, 0.1) is 12.8 Å². The second kappa shape index (κ2) is 6.35. The molecule has 0 amide bonds. The highest BCUT2D eigenvalue weighted by molar-refractivity contribution is 9.10. The second-order valence-corrected chi connectivity index (χ2v) is 7.55. The summed E-state index contributed by atoms with van der Waals surface area (Å²) >= 11 is 3.32. The van der Waals surface area contributed by atoms with Gasteiger partial charge in [0.2, 0.25) is 10.0 Å². The van der Waals surface area contributed by atoms with E-state index in [9.17, 15) is 13.5 Å². The molecule has 1 rings (SSSR count). The summed E-state index contributed by atoms with van der Waals surface area (Å²) in [6.07, 6.45) is 0. The van der Waals surface area contributed by atoms with Gasteiger partial charge in [-0.15, -0.1) is 0 Å². The average Bonchev–Trinajstić information content (AvgIpc) is 2.31. The summed E-state index contributed by atoms with van der Waals surface area (Å²) in [7, 11) is -3.58. The zero-order valence-corrected chi connectivity index (χ0v) is 14.0. The first-order valence-electron chi connectivity index (χ1n) is 6.11. The molecule has 0 aliphatic carbocycles. The van der Waals surface area contributed by atoms with E-state index < -0.39 is 10.0 Å². The first kappa shape index (κ1) is 16.6. The summed E-state index contributed by atoms with van der Waals surface area (Å²) < 4.78 is 28.1. The second-order valence-electron chi connectivity index (χ2n) is 5.01. The number of rotatable bonds is 5. The maximum atomic E-state index is 12.4. The molecule has 6 heteroatoms. The minimum atomic E-state index is -3.58. The van der Waals surface area contributed by atoms with E-state index in [1.807, 2.05) is 20.8 Å². The predicted octanol–water partition coefficient (Wildman–Crippen LogP) is 2.57. The van der Waals surface area contributed by atoms with Crippen molar-refractivity contribution in [3.63, 3.8) is 0 Å². The fourth-order valence-corrected chi connectivity index (χ4v) is 3.87. The lowest BCUT2D eigenvalue weighted by molar-refractivity contribution is 0.281. The lowest BCUT2D eigenvalue weighted by Gasteiger charge is -2.19. The Morgan fingerprint density at radius 2 is 1.89 bits per heavy atom. The van der Waals surface area contributed by atoms with Crippen molar-refractivity contribution in [3.8, 4) is 0 Å². The summed E-state index contributed by atoms with van der Waals surface area (Å²) in [5.74, 6) is 0.208. The Bertz CT molecular complexity index is 555. The van der Waals surface area contributed by atoms with Gasteiger partial charge in [0.05, 0.1) is 11.5 Å². The highest BCUT2D eigenvalue weighted by Gasteiger charge is 2.22. The zero-order chi connectivity index (χ0) is 14.8. The number of benzene rings is 1. The van der Waals surface area contributed by atoms with Gasteiger partial charge >= 0.3 is 0 Å². The first-order valence-corrected chi connectivity index (χ1v) is 8.39. The number of sulfonamides is 1. The zero-order valence-electron chi connectivity index (χ0n) is 11.6. The number of aliphatic hydroxyl groups is 1.